The zero-order valence-electron chi connectivity index (χ0n) is 12.0. The van der Waals surface area contributed by atoms with E-state index in [2.05, 4.69) is 72.4 Å². The Hall–Kier alpha value is -2.00. The van der Waals surface area contributed by atoms with Crippen molar-refractivity contribution in [1.29, 1.82) is 0 Å². The van der Waals surface area contributed by atoms with E-state index in [0.717, 1.165) is 13.2 Å². The molecule has 0 bridgehead atoms. The Labute approximate surface area is 120 Å². The molecule has 2 aromatic carbocycles. The van der Waals surface area contributed by atoms with Crippen LogP contribution in [0.4, 0.5) is 11.4 Å². The predicted octanol–water partition coefficient (Wildman–Crippen LogP) is 3.29. The zero-order chi connectivity index (χ0) is 13.9. The van der Waals surface area contributed by atoms with Crippen molar-refractivity contribution >= 4 is 11.4 Å². The second-order valence-corrected chi connectivity index (χ2v) is 5.24. The Balaban J connectivity index is 1.85. The summed E-state index contributed by atoms with van der Waals surface area (Å²) < 4.78 is 5.92. The maximum atomic E-state index is 5.92. The van der Waals surface area contributed by atoms with Crippen LogP contribution in [-0.2, 0) is 4.74 Å². The number of benzene rings is 2. The normalized spacial score (nSPS) is 18.3. The molecule has 3 nitrogen and oxygen atoms in total. The molecule has 1 aliphatic heterocycles. The minimum Gasteiger partial charge on any atom is -0.378 e. The van der Waals surface area contributed by atoms with E-state index in [1.807, 2.05) is 6.07 Å². The lowest BCUT2D eigenvalue weighted by molar-refractivity contribution is 0.114. The summed E-state index contributed by atoms with van der Waals surface area (Å²) in [5.74, 6) is 0. The second-order valence-electron chi connectivity index (χ2n) is 5.24. The van der Waals surface area contributed by atoms with Gasteiger partial charge in [0.25, 0.3) is 0 Å². The standard InChI is InChI=1S/C17H20N2O/c1-18(2)15-10-8-14(9-11-15)17-19(12-13-20-17)16-6-4-3-5-7-16/h3-11,17H,12-13H2,1-2H3. The molecule has 0 amide bonds. The molecule has 104 valence electrons. The molecule has 0 aromatic heterocycles. The minimum absolute atomic E-state index is 0.0219. The van der Waals surface area contributed by atoms with E-state index in [1.165, 1.54) is 16.9 Å². The summed E-state index contributed by atoms with van der Waals surface area (Å²) in [5, 5.41) is 0. The third kappa shape index (κ3) is 2.49. The first-order valence-corrected chi connectivity index (χ1v) is 6.96. The van der Waals surface area contributed by atoms with Crippen molar-refractivity contribution in [2.75, 3.05) is 37.0 Å². The number of hydrogen-bond acceptors (Lipinski definition) is 3. The Morgan fingerprint density at radius 1 is 1.00 bits per heavy atom. The van der Waals surface area contributed by atoms with Gasteiger partial charge in [0.15, 0.2) is 6.23 Å². The lowest BCUT2D eigenvalue weighted by atomic mass is 10.1. The molecule has 0 radical (unpaired) electrons. The molecule has 2 aromatic rings. The fourth-order valence-electron chi connectivity index (χ4n) is 2.57. The van der Waals surface area contributed by atoms with Crippen LogP contribution in [0.25, 0.3) is 0 Å². The highest BCUT2D eigenvalue weighted by Gasteiger charge is 2.26. The predicted molar refractivity (Wildman–Crippen MR) is 83.3 cm³/mol. The number of para-hydroxylation sites is 1. The van der Waals surface area contributed by atoms with Gasteiger partial charge in [-0.15, -0.1) is 0 Å². The number of hydrogen-bond donors (Lipinski definition) is 0. The fourth-order valence-corrected chi connectivity index (χ4v) is 2.57. The molecule has 1 aliphatic rings. The van der Waals surface area contributed by atoms with Gasteiger partial charge in [-0.2, -0.15) is 0 Å². The van der Waals surface area contributed by atoms with Crippen molar-refractivity contribution < 1.29 is 4.74 Å². The van der Waals surface area contributed by atoms with Gasteiger partial charge < -0.3 is 14.5 Å². The van der Waals surface area contributed by atoms with E-state index in [1.54, 1.807) is 0 Å². The summed E-state index contributed by atoms with van der Waals surface area (Å²) in [5.41, 5.74) is 3.63. The van der Waals surface area contributed by atoms with Gasteiger partial charge in [0, 0.05) is 37.6 Å². The average Bonchev–Trinajstić information content (AvgIpc) is 2.97. The van der Waals surface area contributed by atoms with Crippen LogP contribution >= 0.6 is 0 Å². The number of ether oxygens (including phenoxy) is 1. The van der Waals surface area contributed by atoms with Crippen LogP contribution in [0.2, 0.25) is 0 Å². The van der Waals surface area contributed by atoms with Crippen LogP contribution in [0.15, 0.2) is 54.6 Å². The Kier molecular flexibility index (Phi) is 3.61. The van der Waals surface area contributed by atoms with Crippen LogP contribution in [0, 0.1) is 0 Å². The fraction of sp³-hybridized carbons (Fsp3) is 0.294. The highest BCUT2D eigenvalue weighted by molar-refractivity contribution is 5.51. The molecule has 0 N–H and O–H groups in total. The molecule has 1 fully saturated rings. The van der Waals surface area contributed by atoms with Crippen LogP contribution in [0.3, 0.4) is 0 Å². The quantitative estimate of drug-likeness (QED) is 0.849. The molecular weight excluding hydrogens is 248 g/mol. The lowest BCUT2D eigenvalue weighted by Gasteiger charge is -2.25. The van der Waals surface area contributed by atoms with E-state index < -0.39 is 0 Å². The third-order valence-electron chi connectivity index (χ3n) is 3.67. The number of anilines is 2. The first kappa shape index (κ1) is 13.0. The Morgan fingerprint density at radius 2 is 1.70 bits per heavy atom. The van der Waals surface area contributed by atoms with Gasteiger partial charge in [-0.25, -0.2) is 0 Å². The molecule has 3 heteroatoms. The first-order valence-electron chi connectivity index (χ1n) is 6.96. The van der Waals surface area contributed by atoms with Crippen molar-refractivity contribution in [2.24, 2.45) is 0 Å². The van der Waals surface area contributed by atoms with Gasteiger partial charge in [0.2, 0.25) is 0 Å². The highest BCUT2D eigenvalue weighted by atomic mass is 16.5. The molecule has 1 saturated heterocycles. The third-order valence-corrected chi connectivity index (χ3v) is 3.67. The molecule has 0 aliphatic carbocycles. The summed E-state index contributed by atoms with van der Waals surface area (Å²) in [4.78, 5) is 4.42. The summed E-state index contributed by atoms with van der Waals surface area (Å²) >= 11 is 0. The van der Waals surface area contributed by atoms with Gasteiger partial charge in [-0.3, -0.25) is 0 Å². The molecule has 1 unspecified atom stereocenters. The van der Waals surface area contributed by atoms with Gasteiger partial charge >= 0.3 is 0 Å². The van der Waals surface area contributed by atoms with Crippen LogP contribution < -0.4 is 9.80 Å². The molecular formula is C17H20N2O. The number of nitrogens with zero attached hydrogens (tertiary/aromatic N) is 2. The van der Waals surface area contributed by atoms with E-state index in [4.69, 9.17) is 4.74 Å². The van der Waals surface area contributed by atoms with Crippen molar-refractivity contribution in [2.45, 2.75) is 6.23 Å². The molecule has 0 spiro atoms. The van der Waals surface area contributed by atoms with E-state index in [-0.39, 0.29) is 6.23 Å². The topological polar surface area (TPSA) is 15.7 Å². The smallest absolute Gasteiger partial charge is 0.156 e. The summed E-state index contributed by atoms with van der Waals surface area (Å²) in [6.45, 7) is 1.71. The van der Waals surface area contributed by atoms with E-state index in [0.29, 0.717) is 0 Å². The molecule has 1 atom stereocenters. The van der Waals surface area contributed by atoms with Crippen molar-refractivity contribution in [3.8, 4) is 0 Å². The maximum absolute atomic E-state index is 5.92. The first-order chi connectivity index (χ1) is 9.75. The van der Waals surface area contributed by atoms with Crippen LogP contribution in [0.1, 0.15) is 11.8 Å². The van der Waals surface area contributed by atoms with Gasteiger partial charge in [0.05, 0.1) is 6.61 Å². The minimum atomic E-state index is 0.0219. The molecule has 0 saturated carbocycles. The monoisotopic (exact) mass is 268 g/mol. The van der Waals surface area contributed by atoms with Gasteiger partial charge in [0.1, 0.15) is 0 Å². The molecule has 3 rings (SSSR count). The van der Waals surface area contributed by atoms with Gasteiger partial charge in [-0.1, -0.05) is 30.3 Å². The Bertz CT molecular complexity index is 551. The van der Waals surface area contributed by atoms with Crippen LogP contribution in [0.5, 0.6) is 0 Å². The van der Waals surface area contributed by atoms with Crippen molar-refractivity contribution in [1.82, 2.24) is 0 Å². The maximum Gasteiger partial charge on any atom is 0.156 e. The summed E-state index contributed by atoms with van der Waals surface area (Å²) in [7, 11) is 4.11. The van der Waals surface area contributed by atoms with Gasteiger partial charge in [-0.05, 0) is 24.3 Å². The molecule has 20 heavy (non-hydrogen) atoms. The largest absolute Gasteiger partial charge is 0.378 e. The second kappa shape index (κ2) is 5.55. The average molecular weight is 268 g/mol. The molecule has 1 heterocycles. The number of rotatable bonds is 3. The van der Waals surface area contributed by atoms with Crippen molar-refractivity contribution in [3.63, 3.8) is 0 Å². The highest BCUT2D eigenvalue weighted by Crippen LogP contribution is 2.32. The van der Waals surface area contributed by atoms with Crippen LogP contribution in [-0.4, -0.2) is 27.2 Å². The Morgan fingerprint density at radius 3 is 2.35 bits per heavy atom. The zero-order valence-corrected chi connectivity index (χ0v) is 12.0. The SMILES string of the molecule is CN(C)c1ccc(C2OCCN2c2ccccc2)cc1. The summed E-state index contributed by atoms with van der Waals surface area (Å²) in [6.07, 6.45) is 0.0219. The van der Waals surface area contributed by atoms with Crippen molar-refractivity contribution in [3.05, 3.63) is 60.2 Å². The van der Waals surface area contributed by atoms with E-state index >= 15 is 0 Å². The van der Waals surface area contributed by atoms with E-state index in [9.17, 15) is 0 Å². The summed E-state index contributed by atoms with van der Waals surface area (Å²) in [6, 6.07) is 19.0. The lowest BCUT2D eigenvalue weighted by Crippen LogP contribution is -2.23.